The predicted octanol–water partition coefficient (Wildman–Crippen LogP) is 3.48. The van der Waals surface area contributed by atoms with E-state index in [0.29, 0.717) is 0 Å². The minimum absolute atomic E-state index is 0.134. The van der Waals surface area contributed by atoms with Crippen LogP contribution in [-0.4, -0.2) is 29.4 Å². The van der Waals surface area contributed by atoms with Crippen LogP contribution in [0.15, 0.2) is 48.5 Å². The number of piperidine rings is 1. The first-order valence-electron chi connectivity index (χ1n) is 8.71. The summed E-state index contributed by atoms with van der Waals surface area (Å²) in [6.45, 7) is 4.82. The zero-order chi connectivity index (χ0) is 17.1. The summed E-state index contributed by atoms with van der Waals surface area (Å²) in [5.74, 6) is 0.134. The second kappa shape index (κ2) is 7.18. The molecule has 0 bridgehead atoms. The van der Waals surface area contributed by atoms with Crippen molar-refractivity contribution in [3.05, 3.63) is 70.8 Å². The van der Waals surface area contributed by atoms with Crippen LogP contribution in [0.2, 0.25) is 0 Å². The zero-order valence-corrected chi connectivity index (χ0v) is 14.5. The molecule has 1 saturated heterocycles. The van der Waals surface area contributed by atoms with Crippen molar-refractivity contribution in [2.75, 3.05) is 6.54 Å². The molecule has 3 rings (SSSR count). The van der Waals surface area contributed by atoms with Crippen molar-refractivity contribution in [3.8, 4) is 0 Å². The summed E-state index contributed by atoms with van der Waals surface area (Å²) in [5, 5.41) is 0. The Morgan fingerprint density at radius 2 is 1.79 bits per heavy atom. The molecule has 1 aliphatic heterocycles. The van der Waals surface area contributed by atoms with Crippen LogP contribution in [0.3, 0.4) is 0 Å². The van der Waals surface area contributed by atoms with E-state index >= 15 is 0 Å². The number of nitrogens with zero attached hydrogens (tertiary/aromatic N) is 1. The molecule has 1 aliphatic rings. The van der Waals surface area contributed by atoms with Gasteiger partial charge in [0.25, 0.3) is 5.91 Å². The van der Waals surface area contributed by atoms with E-state index in [1.165, 1.54) is 5.56 Å². The molecule has 1 heterocycles. The highest BCUT2D eigenvalue weighted by molar-refractivity contribution is 5.95. The summed E-state index contributed by atoms with van der Waals surface area (Å²) in [6.07, 6.45) is 2.61. The molecule has 24 heavy (non-hydrogen) atoms. The van der Waals surface area contributed by atoms with Gasteiger partial charge >= 0.3 is 0 Å². The molecule has 0 spiro atoms. The van der Waals surface area contributed by atoms with Gasteiger partial charge in [0, 0.05) is 24.2 Å². The number of benzene rings is 2. The van der Waals surface area contributed by atoms with E-state index in [2.05, 4.69) is 18.2 Å². The Morgan fingerprint density at radius 1 is 1.12 bits per heavy atom. The molecule has 2 aromatic carbocycles. The monoisotopic (exact) mass is 322 g/mol. The third-order valence-electron chi connectivity index (χ3n) is 4.80. The van der Waals surface area contributed by atoms with Gasteiger partial charge in [0.05, 0.1) is 0 Å². The summed E-state index contributed by atoms with van der Waals surface area (Å²) >= 11 is 0. The second-order valence-electron chi connectivity index (χ2n) is 7.00. The van der Waals surface area contributed by atoms with Crippen molar-refractivity contribution < 1.29 is 4.79 Å². The molecule has 0 aliphatic carbocycles. The van der Waals surface area contributed by atoms with Gasteiger partial charge in [0.2, 0.25) is 0 Å². The average Bonchev–Trinajstić information content (AvgIpc) is 2.54. The first-order chi connectivity index (χ1) is 11.5. The molecule has 0 aromatic heterocycles. The van der Waals surface area contributed by atoms with Crippen LogP contribution in [-0.2, 0) is 6.42 Å². The van der Waals surface area contributed by atoms with Crippen LogP contribution >= 0.6 is 0 Å². The number of hydrogen-bond acceptors (Lipinski definition) is 2. The van der Waals surface area contributed by atoms with Gasteiger partial charge in [-0.05, 0) is 50.8 Å². The predicted molar refractivity (Wildman–Crippen MR) is 98.1 cm³/mol. The molecular weight excluding hydrogens is 296 g/mol. The summed E-state index contributed by atoms with van der Waals surface area (Å²) in [5.41, 5.74) is 10.5. The molecule has 1 amide bonds. The highest BCUT2D eigenvalue weighted by Crippen LogP contribution is 2.23. The standard InChI is InChI=1S/C21H26N2O/c1-15-10-16(2)12-18(11-15)21(24)23-9-8-19(22)14-20(23)13-17-6-4-3-5-7-17/h3-7,10-12,19-20H,8-9,13-14,22H2,1-2H3/t19-,20-/m1/s1. The number of carbonyl (C=O) groups excluding carboxylic acids is 1. The maximum absolute atomic E-state index is 13.1. The molecule has 0 radical (unpaired) electrons. The molecular formula is C21H26N2O. The van der Waals surface area contributed by atoms with Crippen molar-refractivity contribution in [2.24, 2.45) is 5.73 Å². The number of hydrogen-bond donors (Lipinski definition) is 1. The summed E-state index contributed by atoms with van der Waals surface area (Å²) < 4.78 is 0. The third-order valence-corrected chi connectivity index (χ3v) is 4.80. The smallest absolute Gasteiger partial charge is 0.254 e. The molecule has 1 fully saturated rings. The molecule has 0 saturated carbocycles. The van der Waals surface area contributed by atoms with Gasteiger partial charge in [-0.3, -0.25) is 4.79 Å². The van der Waals surface area contributed by atoms with Crippen LogP contribution < -0.4 is 5.73 Å². The number of rotatable bonds is 3. The number of nitrogens with two attached hydrogens (primary N) is 1. The topological polar surface area (TPSA) is 46.3 Å². The lowest BCUT2D eigenvalue weighted by atomic mass is 9.91. The largest absolute Gasteiger partial charge is 0.335 e. The second-order valence-corrected chi connectivity index (χ2v) is 7.00. The quantitative estimate of drug-likeness (QED) is 0.940. The minimum Gasteiger partial charge on any atom is -0.335 e. The summed E-state index contributed by atoms with van der Waals surface area (Å²) in [4.78, 5) is 15.1. The maximum atomic E-state index is 13.1. The van der Waals surface area contributed by atoms with Gasteiger partial charge in [0.15, 0.2) is 0 Å². The Morgan fingerprint density at radius 3 is 2.46 bits per heavy atom. The molecule has 126 valence electrons. The van der Waals surface area contributed by atoms with Gasteiger partial charge in [-0.2, -0.15) is 0 Å². The van der Waals surface area contributed by atoms with Gasteiger partial charge in [-0.15, -0.1) is 0 Å². The van der Waals surface area contributed by atoms with E-state index in [0.717, 1.165) is 42.5 Å². The first kappa shape index (κ1) is 16.7. The molecule has 3 nitrogen and oxygen atoms in total. The normalized spacial score (nSPS) is 20.9. The Labute approximate surface area is 144 Å². The van der Waals surface area contributed by atoms with E-state index in [4.69, 9.17) is 5.73 Å². The van der Waals surface area contributed by atoms with E-state index < -0.39 is 0 Å². The fourth-order valence-electron chi connectivity index (χ4n) is 3.69. The van der Waals surface area contributed by atoms with Crippen molar-refractivity contribution >= 4 is 5.91 Å². The lowest BCUT2D eigenvalue weighted by Gasteiger charge is -2.38. The highest BCUT2D eigenvalue weighted by atomic mass is 16.2. The van der Waals surface area contributed by atoms with E-state index in [1.807, 2.05) is 49.1 Å². The van der Waals surface area contributed by atoms with Gasteiger partial charge in [0.1, 0.15) is 0 Å². The lowest BCUT2D eigenvalue weighted by molar-refractivity contribution is 0.0595. The SMILES string of the molecule is Cc1cc(C)cc(C(=O)N2CC[C@@H](N)C[C@H]2Cc2ccccc2)c1. The molecule has 2 N–H and O–H groups in total. The van der Waals surface area contributed by atoms with Crippen molar-refractivity contribution in [3.63, 3.8) is 0 Å². The van der Waals surface area contributed by atoms with Gasteiger partial charge < -0.3 is 10.6 Å². The van der Waals surface area contributed by atoms with E-state index in [1.54, 1.807) is 0 Å². The molecule has 2 atom stereocenters. The molecule has 0 unspecified atom stereocenters. The van der Waals surface area contributed by atoms with Gasteiger partial charge in [-0.1, -0.05) is 47.5 Å². The van der Waals surface area contributed by atoms with Crippen molar-refractivity contribution in [1.82, 2.24) is 4.90 Å². The Bertz CT molecular complexity index is 691. The van der Waals surface area contributed by atoms with Crippen LogP contribution in [0.25, 0.3) is 0 Å². The zero-order valence-electron chi connectivity index (χ0n) is 14.5. The van der Waals surface area contributed by atoms with Crippen LogP contribution in [0.1, 0.15) is 39.9 Å². The maximum Gasteiger partial charge on any atom is 0.254 e. The third kappa shape index (κ3) is 3.85. The number of aryl methyl sites for hydroxylation is 2. The fourth-order valence-corrected chi connectivity index (χ4v) is 3.69. The summed E-state index contributed by atoms with van der Waals surface area (Å²) in [7, 11) is 0. The lowest BCUT2D eigenvalue weighted by Crippen LogP contribution is -2.50. The Kier molecular flexibility index (Phi) is 5.00. The Hall–Kier alpha value is -2.13. The first-order valence-corrected chi connectivity index (χ1v) is 8.71. The van der Waals surface area contributed by atoms with E-state index in [9.17, 15) is 4.79 Å². The Balaban J connectivity index is 1.84. The minimum atomic E-state index is 0.134. The number of amides is 1. The molecule has 3 heteroatoms. The van der Waals surface area contributed by atoms with Gasteiger partial charge in [-0.25, -0.2) is 0 Å². The van der Waals surface area contributed by atoms with Crippen LogP contribution in [0.4, 0.5) is 0 Å². The highest BCUT2D eigenvalue weighted by Gasteiger charge is 2.30. The number of likely N-dealkylation sites (tertiary alicyclic amines) is 1. The number of carbonyl (C=O) groups is 1. The van der Waals surface area contributed by atoms with E-state index in [-0.39, 0.29) is 18.0 Å². The molecule has 2 aromatic rings. The van der Waals surface area contributed by atoms with Crippen LogP contribution in [0, 0.1) is 13.8 Å². The van der Waals surface area contributed by atoms with Crippen molar-refractivity contribution in [1.29, 1.82) is 0 Å². The summed E-state index contributed by atoms with van der Waals surface area (Å²) in [6, 6.07) is 16.8. The fraction of sp³-hybridized carbons (Fsp3) is 0.381. The van der Waals surface area contributed by atoms with Crippen molar-refractivity contribution in [2.45, 2.75) is 45.2 Å². The van der Waals surface area contributed by atoms with Crippen LogP contribution in [0.5, 0.6) is 0 Å². The average molecular weight is 322 g/mol.